The Labute approximate surface area is 137 Å². The monoisotopic (exact) mass is 326 g/mol. The Morgan fingerprint density at radius 1 is 1.12 bits per heavy atom. The van der Waals surface area contributed by atoms with E-state index >= 15 is 0 Å². The largest absolute Gasteiger partial charge is 0.508 e. The first kappa shape index (κ1) is 15.5. The molecule has 0 fully saturated rings. The first-order valence-corrected chi connectivity index (χ1v) is 7.16. The van der Waals surface area contributed by atoms with E-state index < -0.39 is 12.1 Å². The molecule has 0 radical (unpaired) electrons. The number of phenolic OH excluding ortho intramolecular Hbond substituents is 2. The molecule has 24 heavy (non-hydrogen) atoms. The first-order valence-electron chi connectivity index (χ1n) is 7.16. The standard InChI is InChI=1S/C17H14N2O5/c1-10(23-17(22)13-9-12(20)7-8-14(13)21)15-18-19-16(24-15)11-5-3-2-4-6-11/h2-10,20-21H,1H3/t10-/m1/s1. The Morgan fingerprint density at radius 2 is 1.88 bits per heavy atom. The van der Waals surface area contributed by atoms with Gasteiger partial charge in [0.2, 0.25) is 5.89 Å². The summed E-state index contributed by atoms with van der Waals surface area (Å²) in [6, 6.07) is 12.8. The fourth-order valence-electron chi connectivity index (χ4n) is 2.06. The van der Waals surface area contributed by atoms with Gasteiger partial charge in [0.25, 0.3) is 5.89 Å². The van der Waals surface area contributed by atoms with Gasteiger partial charge in [0.05, 0.1) is 0 Å². The number of hydrogen-bond acceptors (Lipinski definition) is 7. The third-order valence-corrected chi connectivity index (χ3v) is 3.29. The lowest BCUT2D eigenvalue weighted by Gasteiger charge is -2.10. The van der Waals surface area contributed by atoms with Crippen molar-refractivity contribution in [3.8, 4) is 23.0 Å². The number of ether oxygens (including phenoxy) is 1. The molecule has 2 aromatic carbocycles. The van der Waals surface area contributed by atoms with Gasteiger partial charge in [-0.05, 0) is 37.3 Å². The van der Waals surface area contributed by atoms with Crippen molar-refractivity contribution in [2.24, 2.45) is 0 Å². The molecular weight excluding hydrogens is 312 g/mol. The molecular formula is C17H14N2O5. The number of nitrogens with zero attached hydrogens (tertiary/aromatic N) is 2. The maximum absolute atomic E-state index is 12.1. The summed E-state index contributed by atoms with van der Waals surface area (Å²) < 4.78 is 10.7. The molecule has 0 saturated carbocycles. The molecule has 1 aromatic heterocycles. The summed E-state index contributed by atoms with van der Waals surface area (Å²) in [5, 5.41) is 26.9. The molecule has 0 spiro atoms. The molecule has 0 unspecified atom stereocenters. The van der Waals surface area contributed by atoms with E-state index in [1.165, 1.54) is 12.1 Å². The molecule has 7 nitrogen and oxygen atoms in total. The van der Waals surface area contributed by atoms with Crippen LogP contribution >= 0.6 is 0 Å². The van der Waals surface area contributed by atoms with Crippen molar-refractivity contribution in [2.45, 2.75) is 13.0 Å². The third kappa shape index (κ3) is 3.19. The number of phenols is 2. The van der Waals surface area contributed by atoms with Crippen LogP contribution in [0.4, 0.5) is 0 Å². The van der Waals surface area contributed by atoms with Gasteiger partial charge in [-0.25, -0.2) is 4.79 Å². The Kier molecular flexibility index (Phi) is 4.15. The van der Waals surface area contributed by atoms with Crippen molar-refractivity contribution in [1.82, 2.24) is 10.2 Å². The molecule has 3 rings (SSSR count). The van der Waals surface area contributed by atoms with Crippen LogP contribution in [0.5, 0.6) is 11.5 Å². The lowest BCUT2D eigenvalue weighted by molar-refractivity contribution is 0.0276. The summed E-state index contributed by atoms with van der Waals surface area (Å²) in [4.78, 5) is 12.1. The summed E-state index contributed by atoms with van der Waals surface area (Å²) in [6.07, 6.45) is -0.816. The van der Waals surface area contributed by atoms with Crippen LogP contribution in [0, 0.1) is 0 Å². The number of benzene rings is 2. The summed E-state index contributed by atoms with van der Waals surface area (Å²) in [7, 11) is 0. The molecule has 0 aliphatic carbocycles. The van der Waals surface area contributed by atoms with Gasteiger partial charge < -0.3 is 19.4 Å². The lowest BCUT2D eigenvalue weighted by Crippen LogP contribution is -2.09. The Balaban J connectivity index is 1.75. The normalized spacial score (nSPS) is 11.9. The van der Waals surface area contributed by atoms with Crippen molar-refractivity contribution in [3.63, 3.8) is 0 Å². The lowest BCUT2D eigenvalue weighted by atomic mass is 10.2. The quantitative estimate of drug-likeness (QED) is 0.560. The Hall–Kier alpha value is -3.35. The van der Waals surface area contributed by atoms with Gasteiger partial charge in [-0.2, -0.15) is 0 Å². The maximum atomic E-state index is 12.1. The van der Waals surface area contributed by atoms with Crippen LogP contribution < -0.4 is 0 Å². The zero-order valence-corrected chi connectivity index (χ0v) is 12.7. The molecule has 0 aliphatic rings. The highest BCUT2D eigenvalue weighted by molar-refractivity contribution is 5.92. The van der Waals surface area contributed by atoms with Gasteiger partial charge in [0.15, 0.2) is 6.10 Å². The van der Waals surface area contributed by atoms with Crippen molar-refractivity contribution in [3.05, 3.63) is 60.0 Å². The molecule has 0 bridgehead atoms. The van der Waals surface area contributed by atoms with Crippen molar-refractivity contribution in [1.29, 1.82) is 0 Å². The van der Waals surface area contributed by atoms with E-state index in [1.54, 1.807) is 6.92 Å². The number of esters is 1. The maximum Gasteiger partial charge on any atom is 0.342 e. The zero-order valence-electron chi connectivity index (χ0n) is 12.7. The fraction of sp³-hybridized carbons (Fsp3) is 0.118. The van der Waals surface area contributed by atoms with Crippen LogP contribution in [-0.2, 0) is 4.74 Å². The van der Waals surface area contributed by atoms with Crippen LogP contribution in [0.25, 0.3) is 11.5 Å². The van der Waals surface area contributed by atoms with Gasteiger partial charge >= 0.3 is 5.97 Å². The summed E-state index contributed by atoms with van der Waals surface area (Å²) in [5.74, 6) is -0.817. The first-order chi connectivity index (χ1) is 11.5. The summed E-state index contributed by atoms with van der Waals surface area (Å²) >= 11 is 0. The number of aromatic hydroxyl groups is 2. The number of aromatic nitrogens is 2. The third-order valence-electron chi connectivity index (χ3n) is 3.29. The highest BCUT2D eigenvalue weighted by Gasteiger charge is 2.22. The van der Waals surface area contributed by atoms with E-state index in [0.29, 0.717) is 5.89 Å². The number of carbonyl (C=O) groups excluding carboxylic acids is 1. The van der Waals surface area contributed by atoms with Gasteiger partial charge in [-0.3, -0.25) is 0 Å². The second-order valence-electron chi connectivity index (χ2n) is 5.06. The number of hydrogen-bond donors (Lipinski definition) is 2. The Bertz CT molecular complexity index is 860. The second kappa shape index (κ2) is 6.41. The molecule has 0 saturated heterocycles. The van der Waals surface area contributed by atoms with E-state index in [0.717, 1.165) is 11.6 Å². The second-order valence-corrected chi connectivity index (χ2v) is 5.06. The summed E-state index contributed by atoms with van der Waals surface area (Å²) in [5.41, 5.74) is 0.602. The highest BCUT2D eigenvalue weighted by atomic mass is 16.6. The molecule has 2 N–H and O–H groups in total. The van der Waals surface area contributed by atoms with E-state index in [4.69, 9.17) is 9.15 Å². The van der Waals surface area contributed by atoms with Crippen LogP contribution in [0.15, 0.2) is 52.9 Å². The zero-order chi connectivity index (χ0) is 17.1. The molecule has 0 aliphatic heterocycles. The van der Waals surface area contributed by atoms with Gasteiger partial charge in [0, 0.05) is 5.56 Å². The van der Waals surface area contributed by atoms with E-state index in [2.05, 4.69) is 10.2 Å². The van der Waals surface area contributed by atoms with Crippen LogP contribution in [0.2, 0.25) is 0 Å². The predicted molar refractivity (Wildman–Crippen MR) is 83.3 cm³/mol. The van der Waals surface area contributed by atoms with Crippen LogP contribution in [0.3, 0.4) is 0 Å². The van der Waals surface area contributed by atoms with Crippen LogP contribution in [0.1, 0.15) is 29.3 Å². The average Bonchev–Trinajstić information content (AvgIpc) is 3.08. The molecule has 7 heteroatoms. The predicted octanol–water partition coefficient (Wildman–Crippen LogP) is 3.07. The fourth-order valence-corrected chi connectivity index (χ4v) is 2.06. The minimum Gasteiger partial charge on any atom is -0.508 e. The smallest absolute Gasteiger partial charge is 0.342 e. The van der Waals surface area contributed by atoms with E-state index in [-0.39, 0.29) is 23.0 Å². The minimum absolute atomic E-state index is 0.127. The summed E-state index contributed by atoms with van der Waals surface area (Å²) in [6.45, 7) is 1.57. The highest BCUT2D eigenvalue weighted by Crippen LogP contribution is 2.26. The van der Waals surface area contributed by atoms with Gasteiger partial charge in [0.1, 0.15) is 17.1 Å². The molecule has 1 atom stereocenters. The van der Waals surface area contributed by atoms with E-state index in [1.807, 2.05) is 30.3 Å². The topological polar surface area (TPSA) is 106 Å². The van der Waals surface area contributed by atoms with Crippen molar-refractivity contribution >= 4 is 5.97 Å². The molecule has 122 valence electrons. The van der Waals surface area contributed by atoms with Gasteiger partial charge in [-0.15, -0.1) is 10.2 Å². The van der Waals surface area contributed by atoms with Crippen LogP contribution in [-0.4, -0.2) is 26.4 Å². The SMILES string of the molecule is C[C@@H](OC(=O)c1cc(O)ccc1O)c1nnc(-c2ccccc2)o1. The molecule has 3 aromatic rings. The molecule has 1 heterocycles. The molecule has 0 amide bonds. The average molecular weight is 326 g/mol. The van der Waals surface area contributed by atoms with Crippen molar-refractivity contribution < 1.29 is 24.2 Å². The van der Waals surface area contributed by atoms with E-state index in [9.17, 15) is 15.0 Å². The minimum atomic E-state index is -0.816. The number of rotatable bonds is 4. The van der Waals surface area contributed by atoms with Crippen molar-refractivity contribution in [2.75, 3.05) is 0 Å². The Morgan fingerprint density at radius 3 is 2.62 bits per heavy atom. The van der Waals surface area contributed by atoms with Gasteiger partial charge in [-0.1, -0.05) is 18.2 Å². The number of carbonyl (C=O) groups is 1.